The Kier molecular flexibility index (Phi) is 6.19. The lowest BCUT2D eigenvalue weighted by Crippen LogP contribution is -2.43. The van der Waals surface area contributed by atoms with Gasteiger partial charge in [0.2, 0.25) is 5.91 Å². The molecule has 7 nitrogen and oxygen atoms in total. The summed E-state index contributed by atoms with van der Waals surface area (Å²) in [5, 5.41) is 15.9. The van der Waals surface area contributed by atoms with Crippen LogP contribution in [-0.2, 0) is 27.2 Å². The van der Waals surface area contributed by atoms with Gasteiger partial charge in [-0.1, -0.05) is 60.7 Å². The Hall–Kier alpha value is -3.74. The lowest BCUT2D eigenvalue weighted by molar-refractivity contribution is -0.385. The van der Waals surface area contributed by atoms with Gasteiger partial charge >= 0.3 is 5.97 Å². The highest BCUT2D eigenvalue weighted by atomic mass is 16.6. The van der Waals surface area contributed by atoms with E-state index in [1.54, 1.807) is 18.2 Å². The lowest BCUT2D eigenvalue weighted by Gasteiger charge is -2.17. The maximum Gasteiger partial charge on any atom is 0.328 e. The van der Waals surface area contributed by atoms with E-state index in [-0.39, 0.29) is 24.4 Å². The highest BCUT2D eigenvalue weighted by Crippen LogP contribution is 2.20. The number of ether oxygens (including phenoxy) is 1. The second kappa shape index (κ2) is 8.97. The maximum absolute atomic E-state index is 12.5. The van der Waals surface area contributed by atoms with Crippen LogP contribution in [0.25, 0.3) is 10.8 Å². The fraction of sp³-hybridized carbons (Fsp3) is 0.182. The van der Waals surface area contributed by atoms with E-state index in [9.17, 15) is 19.7 Å². The molecule has 0 aromatic heterocycles. The highest BCUT2D eigenvalue weighted by molar-refractivity contribution is 5.88. The molecule has 148 valence electrons. The number of nitro groups is 1. The molecule has 0 fully saturated rings. The molecule has 0 aliphatic rings. The molecule has 0 aliphatic heterocycles. The molecule has 0 bridgehead atoms. The standard InChI is InChI=1S/C22H20N2O5/c1-29-22(26)19(14-18-8-4-5-9-20(18)24(27)28)23-21(25)13-15-10-11-16-6-2-3-7-17(16)12-15/h2-12,19H,13-14H2,1H3,(H,23,25)/t19-/m0/s1. The zero-order valence-corrected chi connectivity index (χ0v) is 15.8. The summed E-state index contributed by atoms with van der Waals surface area (Å²) in [7, 11) is 1.21. The first-order valence-corrected chi connectivity index (χ1v) is 9.05. The Morgan fingerprint density at radius 3 is 2.45 bits per heavy atom. The van der Waals surface area contributed by atoms with Crippen molar-refractivity contribution in [3.63, 3.8) is 0 Å². The summed E-state index contributed by atoms with van der Waals surface area (Å²) in [6, 6.07) is 18.6. The topological polar surface area (TPSA) is 98.5 Å². The van der Waals surface area contributed by atoms with Gasteiger partial charge in [-0.05, 0) is 16.3 Å². The lowest BCUT2D eigenvalue weighted by atomic mass is 10.0. The van der Waals surface area contributed by atoms with Gasteiger partial charge in [0.15, 0.2) is 0 Å². The van der Waals surface area contributed by atoms with E-state index < -0.39 is 16.9 Å². The number of hydrogen-bond donors (Lipinski definition) is 1. The fourth-order valence-corrected chi connectivity index (χ4v) is 3.20. The maximum atomic E-state index is 12.5. The molecule has 0 spiro atoms. The first kappa shape index (κ1) is 20.0. The average Bonchev–Trinajstić information content (AvgIpc) is 2.72. The third-order valence-corrected chi connectivity index (χ3v) is 4.61. The van der Waals surface area contributed by atoms with Crippen LogP contribution in [0.4, 0.5) is 5.69 Å². The van der Waals surface area contributed by atoms with Crippen LogP contribution in [0.5, 0.6) is 0 Å². The number of esters is 1. The molecule has 3 aromatic carbocycles. The van der Waals surface area contributed by atoms with Crippen LogP contribution in [0, 0.1) is 10.1 Å². The molecule has 7 heteroatoms. The fourth-order valence-electron chi connectivity index (χ4n) is 3.20. The number of hydrogen-bond acceptors (Lipinski definition) is 5. The zero-order chi connectivity index (χ0) is 20.8. The summed E-state index contributed by atoms with van der Waals surface area (Å²) >= 11 is 0. The van der Waals surface area contributed by atoms with E-state index in [1.165, 1.54) is 13.2 Å². The largest absolute Gasteiger partial charge is 0.467 e. The Morgan fingerprint density at radius 1 is 1.03 bits per heavy atom. The Bertz CT molecular complexity index is 1060. The molecular weight excluding hydrogens is 372 g/mol. The summed E-state index contributed by atoms with van der Waals surface area (Å²) in [5.41, 5.74) is 1.04. The van der Waals surface area contributed by atoms with E-state index in [2.05, 4.69) is 5.32 Å². The summed E-state index contributed by atoms with van der Waals surface area (Å²) in [5.74, 6) is -1.02. The summed E-state index contributed by atoms with van der Waals surface area (Å²) < 4.78 is 4.77. The number of carbonyl (C=O) groups is 2. The van der Waals surface area contributed by atoms with Crippen LogP contribution >= 0.6 is 0 Å². The van der Waals surface area contributed by atoms with Gasteiger partial charge < -0.3 is 10.1 Å². The Balaban J connectivity index is 1.75. The smallest absolute Gasteiger partial charge is 0.328 e. The molecular formula is C22H20N2O5. The number of fused-ring (bicyclic) bond motifs is 1. The summed E-state index contributed by atoms with van der Waals surface area (Å²) in [6.45, 7) is 0. The molecule has 0 unspecified atom stereocenters. The third-order valence-electron chi connectivity index (χ3n) is 4.61. The molecule has 29 heavy (non-hydrogen) atoms. The molecule has 0 saturated carbocycles. The molecule has 3 rings (SSSR count). The van der Waals surface area contributed by atoms with Gasteiger partial charge in [-0.25, -0.2) is 4.79 Å². The van der Waals surface area contributed by atoms with Gasteiger partial charge in [-0.2, -0.15) is 0 Å². The predicted octanol–water partition coefficient (Wildman–Crippen LogP) is 3.19. The van der Waals surface area contributed by atoms with Crippen LogP contribution in [0.2, 0.25) is 0 Å². The quantitative estimate of drug-likeness (QED) is 0.378. The number of nitro benzene ring substituents is 1. The number of rotatable bonds is 7. The van der Waals surface area contributed by atoms with Crippen molar-refractivity contribution in [2.24, 2.45) is 0 Å². The van der Waals surface area contributed by atoms with Gasteiger partial charge in [0.1, 0.15) is 6.04 Å². The van der Waals surface area contributed by atoms with Crippen LogP contribution in [0.1, 0.15) is 11.1 Å². The van der Waals surface area contributed by atoms with Crippen molar-refractivity contribution >= 4 is 28.3 Å². The number of nitrogens with one attached hydrogen (secondary N) is 1. The Labute approximate surface area is 167 Å². The second-order valence-electron chi connectivity index (χ2n) is 6.59. The van der Waals surface area contributed by atoms with Gasteiger partial charge in [0, 0.05) is 18.1 Å². The van der Waals surface area contributed by atoms with Crippen LogP contribution in [-0.4, -0.2) is 30.0 Å². The minimum atomic E-state index is -1.02. The number of para-hydroxylation sites is 1. The zero-order valence-electron chi connectivity index (χ0n) is 15.8. The Morgan fingerprint density at radius 2 is 1.72 bits per heavy atom. The van der Waals surface area contributed by atoms with Crippen molar-refractivity contribution in [1.82, 2.24) is 5.32 Å². The molecule has 0 heterocycles. The van der Waals surface area contributed by atoms with Crippen molar-refractivity contribution in [3.05, 3.63) is 88.0 Å². The average molecular weight is 392 g/mol. The molecule has 0 aliphatic carbocycles. The van der Waals surface area contributed by atoms with E-state index in [0.717, 1.165) is 16.3 Å². The molecule has 1 N–H and O–H groups in total. The SMILES string of the molecule is COC(=O)[C@H](Cc1ccccc1[N+](=O)[O-])NC(=O)Cc1ccc2ccccc2c1. The van der Waals surface area contributed by atoms with Gasteiger partial charge in [0.25, 0.3) is 5.69 Å². The van der Waals surface area contributed by atoms with Gasteiger partial charge in [-0.3, -0.25) is 14.9 Å². The monoisotopic (exact) mass is 392 g/mol. The number of carbonyl (C=O) groups excluding carboxylic acids is 2. The van der Waals surface area contributed by atoms with Crippen LogP contribution in [0.3, 0.4) is 0 Å². The molecule has 0 radical (unpaired) electrons. The molecule has 0 saturated heterocycles. The van der Waals surface area contributed by atoms with E-state index in [0.29, 0.717) is 5.56 Å². The van der Waals surface area contributed by atoms with E-state index in [4.69, 9.17) is 4.74 Å². The first-order valence-electron chi connectivity index (χ1n) is 9.05. The number of nitrogens with zero attached hydrogens (tertiary/aromatic N) is 1. The molecule has 1 atom stereocenters. The van der Waals surface area contributed by atoms with Crippen LogP contribution < -0.4 is 5.32 Å². The highest BCUT2D eigenvalue weighted by Gasteiger charge is 2.25. The van der Waals surface area contributed by atoms with Crippen molar-refractivity contribution in [1.29, 1.82) is 0 Å². The number of amides is 1. The van der Waals surface area contributed by atoms with E-state index >= 15 is 0 Å². The van der Waals surface area contributed by atoms with Crippen molar-refractivity contribution in [2.45, 2.75) is 18.9 Å². The normalized spacial score (nSPS) is 11.6. The first-order chi connectivity index (χ1) is 14.0. The summed E-state index contributed by atoms with van der Waals surface area (Å²) in [4.78, 5) is 35.4. The predicted molar refractivity (Wildman–Crippen MR) is 108 cm³/mol. The molecule has 1 amide bonds. The second-order valence-corrected chi connectivity index (χ2v) is 6.59. The molecule has 3 aromatic rings. The van der Waals surface area contributed by atoms with Crippen molar-refractivity contribution in [3.8, 4) is 0 Å². The van der Waals surface area contributed by atoms with Crippen molar-refractivity contribution < 1.29 is 19.2 Å². The van der Waals surface area contributed by atoms with Crippen molar-refractivity contribution in [2.75, 3.05) is 7.11 Å². The van der Waals surface area contributed by atoms with E-state index in [1.807, 2.05) is 42.5 Å². The number of methoxy groups -OCH3 is 1. The van der Waals surface area contributed by atoms with Gasteiger partial charge in [-0.15, -0.1) is 0 Å². The van der Waals surface area contributed by atoms with Crippen LogP contribution in [0.15, 0.2) is 66.7 Å². The number of benzene rings is 3. The summed E-state index contributed by atoms with van der Waals surface area (Å²) in [6.07, 6.45) is 0.0441. The third kappa shape index (κ3) is 4.95. The minimum Gasteiger partial charge on any atom is -0.467 e. The minimum absolute atomic E-state index is 0.0344. The van der Waals surface area contributed by atoms with Gasteiger partial charge in [0.05, 0.1) is 18.5 Å².